The van der Waals surface area contributed by atoms with Gasteiger partial charge in [0.05, 0.1) is 6.61 Å². The van der Waals surface area contributed by atoms with Crippen molar-refractivity contribution >= 4 is 16.8 Å². The first kappa shape index (κ1) is 13.5. The minimum atomic E-state index is 0.269. The standard InChI is InChI=1S/C16H16N2O3/c1-19-9-11-3-2-4-13(7-11)20-10-16-18-14-8-12(17)5-6-15(14)21-16/h2-8H,9-10,17H2,1H3. The number of anilines is 1. The number of benzene rings is 2. The molecule has 108 valence electrons. The van der Waals surface area contributed by atoms with E-state index in [2.05, 4.69) is 4.98 Å². The first-order chi connectivity index (χ1) is 10.2. The average molecular weight is 284 g/mol. The number of ether oxygens (including phenoxy) is 2. The van der Waals surface area contributed by atoms with Crippen LogP contribution in [-0.2, 0) is 18.0 Å². The fourth-order valence-corrected chi connectivity index (χ4v) is 2.09. The van der Waals surface area contributed by atoms with Crippen LogP contribution in [0.5, 0.6) is 5.75 Å². The zero-order chi connectivity index (χ0) is 14.7. The van der Waals surface area contributed by atoms with Crippen molar-refractivity contribution in [2.45, 2.75) is 13.2 Å². The van der Waals surface area contributed by atoms with Crippen molar-refractivity contribution in [3.63, 3.8) is 0 Å². The Labute approximate surface area is 122 Å². The number of aromatic nitrogens is 1. The van der Waals surface area contributed by atoms with E-state index in [0.717, 1.165) is 16.8 Å². The van der Waals surface area contributed by atoms with Gasteiger partial charge in [0.1, 0.15) is 11.3 Å². The summed E-state index contributed by atoms with van der Waals surface area (Å²) in [5, 5.41) is 0. The van der Waals surface area contributed by atoms with Gasteiger partial charge in [-0.05, 0) is 35.9 Å². The Kier molecular flexibility index (Phi) is 3.75. The molecule has 1 aromatic heterocycles. The summed E-state index contributed by atoms with van der Waals surface area (Å²) >= 11 is 0. The van der Waals surface area contributed by atoms with Crippen LogP contribution in [0.4, 0.5) is 5.69 Å². The quantitative estimate of drug-likeness (QED) is 0.729. The van der Waals surface area contributed by atoms with Gasteiger partial charge in [0, 0.05) is 12.8 Å². The van der Waals surface area contributed by atoms with E-state index < -0.39 is 0 Å². The first-order valence-corrected chi connectivity index (χ1v) is 6.60. The molecule has 0 saturated carbocycles. The van der Waals surface area contributed by atoms with Gasteiger partial charge >= 0.3 is 0 Å². The van der Waals surface area contributed by atoms with Crippen molar-refractivity contribution in [2.75, 3.05) is 12.8 Å². The molecule has 0 aliphatic heterocycles. The fourth-order valence-electron chi connectivity index (χ4n) is 2.09. The van der Waals surface area contributed by atoms with Gasteiger partial charge in [-0.1, -0.05) is 12.1 Å². The van der Waals surface area contributed by atoms with Crippen LogP contribution in [0.3, 0.4) is 0 Å². The second-order valence-electron chi connectivity index (χ2n) is 4.70. The number of hydrogen-bond donors (Lipinski definition) is 1. The molecular weight excluding hydrogens is 268 g/mol. The van der Waals surface area contributed by atoms with Gasteiger partial charge in [0.25, 0.3) is 0 Å². The number of rotatable bonds is 5. The lowest BCUT2D eigenvalue weighted by Crippen LogP contribution is -1.96. The Bertz CT molecular complexity index is 752. The molecule has 0 amide bonds. The number of nitrogens with zero attached hydrogens (tertiary/aromatic N) is 1. The zero-order valence-electron chi connectivity index (χ0n) is 11.7. The van der Waals surface area contributed by atoms with Crippen LogP contribution >= 0.6 is 0 Å². The molecule has 0 unspecified atom stereocenters. The molecule has 3 rings (SSSR count). The minimum absolute atomic E-state index is 0.269. The molecule has 0 bridgehead atoms. The monoisotopic (exact) mass is 284 g/mol. The molecule has 21 heavy (non-hydrogen) atoms. The summed E-state index contributed by atoms with van der Waals surface area (Å²) in [6, 6.07) is 13.1. The predicted molar refractivity (Wildman–Crippen MR) is 79.9 cm³/mol. The highest BCUT2D eigenvalue weighted by Crippen LogP contribution is 2.20. The van der Waals surface area contributed by atoms with E-state index >= 15 is 0 Å². The Balaban J connectivity index is 1.72. The van der Waals surface area contributed by atoms with Gasteiger partial charge in [0.2, 0.25) is 5.89 Å². The van der Waals surface area contributed by atoms with Crippen molar-refractivity contribution in [1.82, 2.24) is 4.98 Å². The maximum absolute atomic E-state index is 5.72. The van der Waals surface area contributed by atoms with Crippen LogP contribution in [0.1, 0.15) is 11.5 Å². The van der Waals surface area contributed by atoms with Crippen molar-refractivity contribution in [2.24, 2.45) is 0 Å². The van der Waals surface area contributed by atoms with Crippen LogP contribution in [0.2, 0.25) is 0 Å². The van der Waals surface area contributed by atoms with Gasteiger partial charge in [-0.2, -0.15) is 0 Å². The first-order valence-electron chi connectivity index (χ1n) is 6.60. The fraction of sp³-hybridized carbons (Fsp3) is 0.188. The van der Waals surface area contributed by atoms with Crippen LogP contribution in [0, 0.1) is 0 Å². The number of nitrogens with two attached hydrogens (primary N) is 1. The Hall–Kier alpha value is -2.53. The van der Waals surface area contributed by atoms with E-state index in [4.69, 9.17) is 19.6 Å². The molecule has 0 aliphatic carbocycles. The molecule has 2 aromatic carbocycles. The largest absolute Gasteiger partial charge is 0.484 e. The highest BCUT2D eigenvalue weighted by atomic mass is 16.5. The van der Waals surface area contributed by atoms with Gasteiger partial charge < -0.3 is 19.6 Å². The summed E-state index contributed by atoms with van der Waals surface area (Å²) in [7, 11) is 1.66. The third-order valence-corrected chi connectivity index (χ3v) is 3.03. The summed E-state index contributed by atoms with van der Waals surface area (Å²) in [5.41, 5.74) is 8.88. The molecule has 0 atom stereocenters. The molecule has 0 radical (unpaired) electrons. The van der Waals surface area contributed by atoms with Crippen LogP contribution in [0.25, 0.3) is 11.1 Å². The average Bonchev–Trinajstić information content (AvgIpc) is 2.88. The van der Waals surface area contributed by atoms with E-state index in [1.807, 2.05) is 24.3 Å². The maximum Gasteiger partial charge on any atom is 0.233 e. The van der Waals surface area contributed by atoms with Gasteiger partial charge in [0.15, 0.2) is 12.2 Å². The van der Waals surface area contributed by atoms with Crippen LogP contribution in [0.15, 0.2) is 46.9 Å². The van der Waals surface area contributed by atoms with Gasteiger partial charge in [-0.25, -0.2) is 4.98 Å². The van der Waals surface area contributed by atoms with E-state index in [0.29, 0.717) is 23.8 Å². The smallest absolute Gasteiger partial charge is 0.233 e. The Morgan fingerprint density at radius 2 is 2.05 bits per heavy atom. The minimum Gasteiger partial charge on any atom is -0.484 e. The molecule has 5 nitrogen and oxygen atoms in total. The van der Waals surface area contributed by atoms with Crippen LogP contribution < -0.4 is 10.5 Å². The second kappa shape index (κ2) is 5.85. The van der Waals surface area contributed by atoms with E-state index in [-0.39, 0.29) is 6.61 Å². The molecule has 0 spiro atoms. The van der Waals surface area contributed by atoms with E-state index in [1.165, 1.54) is 0 Å². The lowest BCUT2D eigenvalue weighted by molar-refractivity contribution is 0.184. The zero-order valence-corrected chi connectivity index (χ0v) is 11.7. The van der Waals surface area contributed by atoms with Crippen molar-refractivity contribution in [1.29, 1.82) is 0 Å². The Morgan fingerprint density at radius 1 is 1.14 bits per heavy atom. The highest BCUT2D eigenvalue weighted by molar-refractivity contribution is 5.76. The lowest BCUT2D eigenvalue weighted by Gasteiger charge is -2.05. The molecule has 0 fully saturated rings. The number of fused-ring (bicyclic) bond motifs is 1. The van der Waals surface area contributed by atoms with E-state index in [1.54, 1.807) is 25.3 Å². The third kappa shape index (κ3) is 3.14. The number of methoxy groups -OCH3 is 1. The predicted octanol–water partition coefficient (Wildman–Crippen LogP) is 3.14. The number of oxazole rings is 1. The summed E-state index contributed by atoms with van der Waals surface area (Å²) in [5.74, 6) is 1.28. The maximum atomic E-state index is 5.72. The summed E-state index contributed by atoms with van der Waals surface area (Å²) in [4.78, 5) is 4.35. The topological polar surface area (TPSA) is 70.5 Å². The summed E-state index contributed by atoms with van der Waals surface area (Å²) in [6.45, 7) is 0.824. The van der Waals surface area contributed by atoms with Crippen molar-refractivity contribution in [3.8, 4) is 5.75 Å². The van der Waals surface area contributed by atoms with Crippen molar-refractivity contribution in [3.05, 3.63) is 53.9 Å². The SMILES string of the molecule is COCc1cccc(OCc2nc3cc(N)ccc3o2)c1. The summed E-state index contributed by atoms with van der Waals surface area (Å²) in [6.07, 6.45) is 0. The Morgan fingerprint density at radius 3 is 2.90 bits per heavy atom. The molecule has 3 aromatic rings. The van der Waals surface area contributed by atoms with E-state index in [9.17, 15) is 0 Å². The molecule has 5 heteroatoms. The number of hydrogen-bond acceptors (Lipinski definition) is 5. The number of nitrogen functional groups attached to an aromatic ring is 1. The highest BCUT2D eigenvalue weighted by Gasteiger charge is 2.07. The normalized spacial score (nSPS) is 10.9. The van der Waals surface area contributed by atoms with Crippen molar-refractivity contribution < 1.29 is 13.9 Å². The third-order valence-electron chi connectivity index (χ3n) is 3.03. The molecule has 2 N–H and O–H groups in total. The van der Waals surface area contributed by atoms with Gasteiger partial charge in [-0.15, -0.1) is 0 Å². The second-order valence-corrected chi connectivity index (χ2v) is 4.70. The molecule has 1 heterocycles. The molecule has 0 saturated heterocycles. The molecule has 0 aliphatic rings. The molecular formula is C16H16N2O3. The summed E-state index contributed by atoms with van der Waals surface area (Å²) < 4.78 is 16.4. The van der Waals surface area contributed by atoms with Gasteiger partial charge in [-0.3, -0.25) is 0 Å². The van der Waals surface area contributed by atoms with Crippen LogP contribution in [-0.4, -0.2) is 12.1 Å². The lowest BCUT2D eigenvalue weighted by atomic mass is 10.2.